The monoisotopic (exact) mass is 492 g/mol. The lowest BCUT2D eigenvalue weighted by Gasteiger charge is -2.31. The van der Waals surface area contributed by atoms with Crippen LogP contribution in [0, 0.1) is 0 Å². The molecular formula is C33H48O3. The summed E-state index contributed by atoms with van der Waals surface area (Å²) in [6, 6.07) is 8.65. The first-order chi connectivity index (χ1) is 16.1. The van der Waals surface area contributed by atoms with E-state index < -0.39 is 5.97 Å². The van der Waals surface area contributed by atoms with Crippen molar-refractivity contribution in [3.8, 4) is 5.75 Å². The van der Waals surface area contributed by atoms with Gasteiger partial charge in [-0.3, -0.25) is 0 Å². The number of hydrogen-bond acceptors (Lipinski definition) is 3. The first-order valence-corrected chi connectivity index (χ1v) is 12.9. The molecule has 2 aromatic rings. The molecule has 0 atom stereocenters. The van der Waals surface area contributed by atoms with Crippen LogP contribution in [0.15, 0.2) is 30.8 Å². The maximum Gasteiger partial charge on any atom is 0.337 e. The molecule has 0 spiro atoms. The fourth-order valence-corrected chi connectivity index (χ4v) is 4.49. The lowest BCUT2D eigenvalue weighted by molar-refractivity contribution is -0.133. The third kappa shape index (κ3) is 6.41. The molecule has 0 aliphatic heterocycles. The number of phenols is 1. The van der Waals surface area contributed by atoms with Crippen molar-refractivity contribution in [1.29, 1.82) is 0 Å². The number of phenolic OH excluding ortho intramolecular Hbond substituents is 1. The second-order valence-electron chi connectivity index (χ2n) is 14.2. The fourth-order valence-electron chi connectivity index (χ4n) is 4.49. The second-order valence-corrected chi connectivity index (χ2v) is 14.2. The van der Waals surface area contributed by atoms with Gasteiger partial charge in [-0.05, 0) is 60.6 Å². The maximum atomic E-state index is 12.7. The third-order valence-electron chi connectivity index (χ3n) is 6.87. The Balaban J connectivity index is 2.99. The van der Waals surface area contributed by atoms with Crippen LogP contribution < -0.4 is 0 Å². The van der Waals surface area contributed by atoms with Crippen LogP contribution >= 0.6 is 0 Å². The average molecular weight is 493 g/mol. The smallest absolute Gasteiger partial charge is 0.337 e. The molecule has 0 bridgehead atoms. The van der Waals surface area contributed by atoms with Gasteiger partial charge in [0, 0.05) is 6.42 Å². The van der Waals surface area contributed by atoms with Crippen molar-refractivity contribution < 1.29 is 14.6 Å². The van der Waals surface area contributed by atoms with E-state index in [1.807, 2.05) is 0 Å². The van der Waals surface area contributed by atoms with Crippen molar-refractivity contribution in [3.63, 3.8) is 0 Å². The highest BCUT2D eigenvalue weighted by Gasteiger charge is 2.30. The summed E-state index contributed by atoms with van der Waals surface area (Å²) in [5.74, 6) is -0.114. The molecule has 3 heteroatoms. The standard InChI is InChI=1S/C33H48O3/c1-20(29(35)36-14)27-21(16-23(30(2,3)4)18-25(27)32(8,9)10)15-22-17-24(31(5,6)7)19-26(28(22)34)33(11,12)13/h16-19,34H,1,15H2,2-14H3. The highest BCUT2D eigenvalue weighted by atomic mass is 16.5. The molecule has 36 heavy (non-hydrogen) atoms. The summed E-state index contributed by atoms with van der Waals surface area (Å²) in [4.78, 5) is 12.7. The lowest BCUT2D eigenvalue weighted by atomic mass is 9.74. The molecule has 198 valence electrons. The highest BCUT2D eigenvalue weighted by Crippen LogP contribution is 2.42. The molecule has 0 saturated heterocycles. The van der Waals surface area contributed by atoms with E-state index in [-0.39, 0.29) is 21.7 Å². The average Bonchev–Trinajstić information content (AvgIpc) is 2.70. The number of carbonyl (C=O) groups is 1. The van der Waals surface area contributed by atoms with E-state index in [1.54, 1.807) is 0 Å². The van der Waals surface area contributed by atoms with Crippen LogP contribution in [0.4, 0.5) is 0 Å². The SMILES string of the molecule is C=C(C(=O)OC)c1c(Cc2cc(C(C)(C)C)cc(C(C)(C)C)c2O)cc(C(C)(C)C)cc1C(C)(C)C. The van der Waals surface area contributed by atoms with Gasteiger partial charge < -0.3 is 9.84 Å². The molecule has 0 heterocycles. The number of hydrogen-bond donors (Lipinski definition) is 1. The number of ether oxygens (including phenoxy) is 1. The number of aromatic hydroxyl groups is 1. The van der Waals surface area contributed by atoms with Crippen LogP contribution in [0.5, 0.6) is 5.75 Å². The van der Waals surface area contributed by atoms with Crippen LogP contribution in [0.2, 0.25) is 0 Å². The van der Waals surface area contributed by atoms with Crippen molar-refractivity contribution in [2.45, 2.75) is 111 Å². The van der Waals surface area contributed by atoms with Crippen molar-refractivity contribution >= 4 is 11.5 Å². The lowest BCUT2D eigenvalue weighted by Crippen LogP contribution is -2.22. The molecule has 1 N–H and O–H groups in total. The van der Waals surface area contributed by atoms with Gasteiger partial charge in [0.2, 0.25) is 0 Å². The van der Waals surface area contributed by atoms with Gasteiger partial charge in [0.15, 0.2) is 0 Å². The van der Waals surface area contributed by atoms with Crippen molar-refractivity contribution in [1.82, 2.24) is 0 Å². The molecule has 3 nitrogen and oxygen atoms in total. The minimum Gasteiger partial charge on any atom is -0.507 e. The van der Waals surface area contributed by atoms with E-state index in [0.29, 0.717) is 17.7 Å². The largest absolute Gasteiger partial charge is 0.507 e. The van der Waals surface area contributed by atoms with E-state index in [0.717, 1.165) is 27.8 Å². The summed E-state index contributed by atoms with van der Waals surface area (Å²) in [7, 11) is 1.39. The molecule has 0 radical (unpaired) electrons. The Labute approximate surface area is 220 Å². The van der Waals surface area contributed by atoms with Crippen molar-refractivity contribution in [2.24, 2.45) is 0 Å². The summed E-state index contributed by atoms with van der Waals surface area (Å²) < 4.78 is 5.10. The van der Waals surface area contributed by atoms with Gasteiger partial charge in [0.25, 0.3) is 0 Å². The Morgan fingerprint density at radius 2 is 1.14 bits per heavy atom. The summed E-state index contributed by atoms with van der Waals surface area (Å²) in [5.41, 5.74) is 6.74. The van der Waals surface area contributed by atoms with Gasteiger partial charge in [-0.1, -0.05) is 114 Å². The summed E-state index contributed by atoms with van der Waals surface area (Å²) >= 11 is 0. The van der Waals surface area contributed by atoms with E-state index in [9.17, 15) is 9.90 Å². The molecule has 0 aliphatic rings. The molecule has 2 aromatic carbocycles. The first kappa shape index (κ1) is 29.7. The number of rotatable bonds is 4. The van der Waals surface area contributed by atoms with Gasteiger partial charge in [-0.25, -0.2) is 4.79 Å². The molecule has 0 aliphatic carbocycles. The summed E-state index contributed by atoms with van der Waals surface area (Å²) in [6.45, 7) is 30.2. The molecule has 0 saturated carbocycles. The zero-order valence-corrected chi connectivity index (χ0v) is 25.0. The highest BCUT2D eigenvalue weighted by molar-refractivity contribution is 6.16. The minimum atomic E-state index is -0.437. The topological polar surface area (TPSA) is 46.5 Å². The van der Waals surface area contributed by atoms with Crippen molar-refractivity contribution in [3.05, 3.63) is 69.8 Å². The van der Waals surface area contributed by atoms with Crippen LogP contribution in [-0.4, -0.2) is 18.2 Å². The fraction of sp³-hybridized carbons (Fsp3) is 0.545. The zero-order chi connectivity index (χ0) is 28.0. The maximum absolute atomic E-state index is 12.7. The van der Waals surface area contributed by atoms with Gasteiger partial charge in [0.05, 0.1) is 12.7 Å². The minimum absolute atomic E-state index is 0.0786. The number of methoxy groups -OCH3 is 1. The Kier molecular flexibility index (Phi) is 8.02. The van der Waals surface area contributed by atoms with E-state index >= 15 is 0 Å². The van der Waals surface area contributed by atoms with Gasteiger partial charge >= 0.3 is 5.97 Å². The molecule has 2 rings (SSSR count). The Morgan fingerprint density at radius 1 is 0.722 bits per heavy atom. The predicted molar refractivity (Wildman–Crippen MR) is 153 cm³/mol. The molecule has 0 fully saturated rings. The number of esters is 1. The van der Waals surface area contributed by atoms with Crippen LogP contribution in [0.3, 0.4) is 0 Å². The normalized spacial score (nSPS) is 13.0. The van der Waals surface area contributed by atoms with E-state index in [1.165, 1.54) is 18.2 Å². The van der Waals surface area contributed by atoms with E-state index in [2.05, 4.69) is 114 Å². The zero-order valence-electron chi connectivity index (χ0n) is 25.0. The van der Waals surface area contributed by atoms with Gasteiger partial charge in [0.1, 0.15) is 5.75 Å². The Morgan fingerprint density at radius 3 is 1.53 bits per heavy atom. The van der Waals surface area contributed by atoms with Crippen LogP contribution in [0.1, 0.15) is 122 Å². The quantitative estimate of drug-likeness (QED) is 0.344. The number of carbonyl (C=O) groups excluding carboxylic acids is 1. The summed E-state index contributed by atoms with van der Waals surface area (Å²) in [6.07, 6.45) is 0.483. The first-order valence-electron chi connectivity index (χ1n) is 12.9. The summed E-state index contributed by atoms with van der Waals surface area (Å²) in [5, 5.41) is 11.5. The molecule has 0 amide bonds. The molecule has 0 aromatic heterocycles. The predicted octanol–water partition coefficient (Wildman–Crippen LogP) is 8.36. The molecule has 0 unspecified atom stereocenters. The Hall–Kier alpha value is -2.55. The third-order valence-corrected chi connectivity index (χ3v) is 6.87. The number of benzene rings is 2. The second kappa shape index (κ2) is 9.72. The van der Waals surface area contributed by atoms with Crippen LogP contribution in [0.25, 0.3) is 5.57 Å². The van der Waals surface area contributed by atoms with Gasteiger partial charge in [-0.15, -0.1) is 0 Å². The van der Waals surface area contributed by atoms with E-state index in [4.69, 9.17) is 4.74 Å². The molecular weight excluding hydrogens is 444 g/mol. The Bertz CT molecular complexity index is 1150. The van der Waals surface area contributed by atoms with Crippen LogP contribution in [-0.2, 0) is 37.6 Å². The van der Waals surface area contributed by atoms with Crippen molar-refractivity contribution in [2.75, 3.05) is 7.11 Å². The van der Waals surface area contributed by atoms with Gasteiger partial charge in [-0.2, -0.15) is 0 Å².